The van der Waals surface area contributed by atoms with Crippen LogP contribution in [0.1, 0.15) is 6.92 Å². The molecule has 0 saturated carbocycles. The van der Waals surface area contributed by atoms with Gasteiger partial charge in [-0.2, -0.15) is 0 Å². The molecule has 0 bridgehead atoms. The molecule has 0 aliphatic rings. The third-order valence-electron chi connectivity index (χ3n) is 3.94. The molecule has 27 heavy (non-hydrogen) atoms. The van der Waals surface area contributed by atoms with Crippen LogP contribution in [0.15, 0.2) is 73.2 Å². The van der Waals surface area contributed by atoms with E-state index < -0.39 is 15.5 Å². The Morgan fingerprint density at radius 1 is 1.00 bits per heavy atom. The van der Waals surface area contributed by atoms with Crippen LogP contribution >= 0.6 is 15.9 Å². The minimum absolute atomic E-state index is 0.136. The molecule has 0 aliphatic carbocycles. The van der Waals surface area contributed by atoms with Crippen LogP contribution in [0, 0.1) is 0 Å². The normalized spacial score (nSPS) is 11.4. The number of hydrogen-bond donors (Lipinski definition) is 0. The zero-order valence-corrected chi connectivity index (χ0v) is 17.1. The lowest BCUT2D eigenvalue weighted by molar-refractivity contribution is 0.244. The highest BCUT2D eigenvalue weighted by Crippen LogP contribution is 2.33. The summed E-state index contributed by atoms with van der Waals surface area (Å²) in [5.41, 5.74) is 1.83. The molecule has 0 aliphatic heterocycles. The molecule has 1 heterocycles. The SMILES string of the molecule is CCOc1cc(-c2ccc([77Br])cc2)c(-c2ccc(S(C)(=O)=O)cc2)c(=O)o1. The van der Waals surface area contributed by atoms with Crippen molar-refractivity contribution in [2.24, 2.45) is 0 Å². The van der Waals surface area contributed by atoms with Crippen molar-refractivity contribution >= 4 is 25.8 Å². The maximum absolute atomic E-state index is 12.7. The molecule has 0 radical (unpaired) electrons. The first-order valence-corrected chi connectivity index (χ1v) is 10.9. The first-order valence-electron chi connectivity index (χ1n) is 8.17. The predicted molar refractivity (Wildman–Crippen MR) is 108 cm³/mol. The smallest absolute Gasteiger partial charge is 0.347 e. The quantitative estimate of drug-likeness (QED) is 0.576. The van der Waals surface area contributed by atoms with Gasteiger partial charge in [0.2, 0.25) is 0 Å². The first kappa shape index (κ1) is 19.4. The van der Waals surface area contributed by atoms with E-state index in [1.165, 1.54) is 12.1 Å². The van der Waals surface area contributed by atoms with Crippen LogP contribution in [-0.2, 0) is 9.84 Å². The number of benzene rings is 2. The summed E-state index contributed by atoms with van der Waals surface area (Å²) in [6, 6.07) is 15.3. The Kier molecular flexibility index (Phi) is 5.53. The van der Waals surface area contributed by atoms with Crippen molar-refractivity contribution in [2.75, 3.05) is 12.9 Å². The maximum Gasteiger partial charge on any atom is 0.347 e. The van der Waals surface area contributed by atoms with Crippen LogP contribution in [0.2, 0.25) is 0 Å². The van der Waals surface area contributed by atoms with Gasteiger partial charge in [-0.05, 0) is 42.3 Å². The molecule has 1 aromatic heterocycles. The van der Waals surface area contributed by atoms with Crippen molar-refractivity contribution in [2.45, 2.75) is 11.8 Å². The van der Waals surface area contributed by atoms with E-state index in [0.717, 1.165) is 16.3 Å². The second-order valence-electron chi connectivity index (χ2n) is 5.88. The van der Waals surface area contributed by atoms with Gasteiger partial charge in [0, 0.05) is 22.4 Å². The zero-order chi connectivity index (χ0) is 19.6. The van der Waals surface area contributed by atoms with Gasteiger partial charge in [0.1, 0.15) is 0 Å². The molecule has 7 heteroatoms. The fourth-order valence-electron chi connectivity index (χ4n) is 2.68. The third-order valence-corrected chi connectivity index (χ3v) is 5.60. The van der Waals surface area contributed by atoms with Gasteiger partial charge >= 0.3 is 5.63 Å². The molecule has 0 atom stereocenters. The summed E-state index contributed by atoms with van der Waals surface area (Å²) in [4.78, 5) is 12.9. The summed E-state index contributed by atoms with van der Waals surface area (Å²) in [5.74, 6) is 0.136. The topological polar surface area (TPSA) is 73.6 Å². The Balaban J connectivity index is 2.22. The van der Waals surface area contributed by atoms with Gasteiger partial charge in [-0.3, -0.25) is 0 Å². The molecule has 0 saturated heterocycles. The van der Waals surface area contributed by atoms with Crippen molar-refractivity contribution in [1.29, 1.82) is 0 Å². The van der Waals surface area contributed by atoms with Gasteiger partial charge in [0.25, 0.3) is 5.95 Å². The Labute approximate surface area is 165 Å². The zero-order valence-electron chi connectivity index (χ0n) is 14.7. The molecule has 3 rings (SSSR count). The summed E-state index contributed by atoms with van der Waals surface area (Å²) in [6.45, 7) is 2.17. The van der Waals surface area contributed by atoms with Crippen molar-refractivity contribution < 1.29 is 17.6 Å². The largest absolute Gasteiger partial charge is 0.465 e. The highest BCUT2D eigenvalue weighted by Gasteiger charge is 2.17. The van der Waals surface area contributed by atoms with E-state index in [4.69, 9.17) is 9.15 Å². The van der Waals surface area contributed by atoms with Gasteiger partial charge in [-0.15, -0.1) is 0 Å². The lowest BCUT2D eigenvalue weighted by Crippen LogP contribution is -2.07. The second kappa shape index (κ2) is 7.70. The van der Waals surface area contributed by atoms with Gasteiger partial charge < -0.3 is 9.15 Å². The average molecular weight is 446 g/mol. The standard InChI is InChI=1S/C20H17BrO5S/c1-3-25-18-12-17(13-4-8-15(21)9-5-13)19(20(22)26-18)14-6-10-16(11-7-14)27(2,23)24/h4-12H,3H2,1-2H3/i21-3. The Bertz CT molecular complexity index is 1110. The third kappa shape index (κ3) is 4.31. The van der Waals surface area contributed by atoms with E-state index in [9.17, 15) is 13.2 Å². The summed E-state index contributed by atoms with van der Waals surface area (Å²) >= 11 is 3.40. The molecule has 0 amide bonds. The van der Waals surface area contributed by atoms with Crippen LogP contribution in [0.25, 0.3) is 22.3 Å². The molecule has 3 aromatic rings. The highest BCUT2D eigenvalue weighted by atomic mass is 76.9. The Morgan fingerprint density at radius 2 is 1.59 bits per heavy atom. The van der Waals surface area contributed by atoms with E-state index in [1.54, 1.807) is 25.1 Å². The summed E-state index contributed by atoms with van der Waals surface area (Å²) in [5, 5.41) is 0. The van der Waals surface area contributed by atoms with Crippen molar-refractivity contribution in [3.63, 3.8) is 0 Å². The van der Waals surface area contributed by atoms with Gasteiger partial charge in [0.15, 0.2) is 9.84 Å². The molecule has 2 aromatic carbocycles. The fraction of sp³-hybridized carbons (Fsp3) is 0.150. The van der Waals surface area contributed by atoms with Gasteiger partial charge in [0.05, 0.1) is 17.1 Å². The summed E-state index contributed by atoms with van der Waals surface area (Å²) in [6.07, 6.45) is 1.14. The number of halogens is 1. The highest BCUT2D eigenvalue weighted by molar-refractivity contribution is 9.10. The monoisotopic (exact) mass is 446 g/mol. The Morgan fingerprint density at radius 3 is 2.15 bits per heavy atom. The van der Waals surface area contributed by atoms with Crippen LogP contribution < -0.4 is 10.4 Å². The van der Waals surface area contributed by atoms with Crippen molar-refractivity contribution in [1.82, 2.24) is 0 Å². The lowest BCUT2D eigenvalue weighted by Gasteiger charge is -2.11. The number of sulfone groups is 1. The maximum atomic E-state index is 12.7. The molecule has 5 nitrogen and oxygen atoms in total. The molecular weight excluding hydrogens is 429 g/mol. The van der Waals surface area contributed by atoms with E-state index in [-0.39, 0.29) is 10.8 Å². The molecule has 0 N–H and O–H groups in total. The molecular formula is C20H17BrO5S. The van der Waals surface area contributed by atoms with Crippen LogP contribution in [0.4, 0.5) is 0 Å². The molecule has 0 fully saturated rings. The van der Waals surface area contributed by atoms with Crippen LogP contribution in [0.3, 0.4) is 0 Å². The van der Waals surface area contributed by atoms with E-state index >= 15 is 0 Å². The lowest BCUT2D eigenvalue weighted by atomic mass is 9.97. The van der Waals surface area contributed by atoms with Crippen molar-refractivity contribution in [3.8, 4) is 28.2 Å². The summed E-state index contributed by atoms with van der Waals surface area (Å²) < 4.78 is 34.9. The summed E-state index contributed by atoms with van der Waals surface area (Å²) in [7, 11) is -3.32. The van der Waals surface area contributed by atoms with E-state index in [2.05, 4.69) is 15.9 Å². The number of hydrogen-bond acceptors (Lipinski definition) is 5. The predicted octanol–water partition coefficient (Wildman–Crippen LogP) is 4.54. The number of ether oxygens (including phenoxy) is 1. The second-order valence-corrected chi connectivity index (χ2v) is 8.81. The molecule has 140 valence electrons. The fourth-order valence-corrected chi connectivity index (χ4v) is 3.58. The van der Waals surface area contributed by atoms with Crippen LogP contribution in [0.5, 0.6) is 5.95 Å². The van der Waals surface area contributed by atoms with Gasteiger partial charge in [-0.1, -0.05) is 40.2 Å². The van der Waals surface area contributed by atoms with E-state index in [1.807, 2.05) is 24.3 Å². The van der Waals surface area contributed by atoms with E-state index in [0.29, 0.717) is 23.3 Å². The molecule has 0 spiro atoms. The first-order chi connectivity index (χ1) is 12.8. The number of rotatable bonds is 5. The minimum Gasteiger partial charge on any atom is -0.465 e. The average Bonchev–Trinajstić information content (AvgIpc) is 2.61. The molecule has 0 unspecified atom stereocenters. The van der Waals surface area contributed by atoms with Crippen LogP contribution in [-0.4, -0.2) is 21.3 Å². The van der Waals surface area contributed by atoms with Gasteiger partial charge in [-0.25, -0.2) is 13.2 Å². The minimum atomic E-state index is -3.32. The Hall–Kier alpha value is -2.38. The van der Waals surface area contributed by atoms with Crippen molar-refractivity contribution in [3.05, 3.63) is 69.5 Å².